The van der Waals surface area contributed by atoms with Crippen LogP contribution in [0.4, 0.5) is 0 Å². The average molecular weight is 275 g/mol. The van der Waals surface area contributed by atoms with E-state index in [1.807, 2.05) is 0 Å². The third-order valence-corrected chi connectivity index (χ3v) is 5.38. The molecule has 0 aromatic carbocycles. The number of nitrogens with zero attached hydrogens (tertiary/aromatic N) is 2. The Hall–Kier alpha value is -0.830. The van der Waals surface area contributed by atoms with E-state index in [0.29, 0.717) is 11.5 Å². The van der Waals surface area contributed by atoms with E-state index in [9.17, 15) is 0 Å². The maximum atomic E-state index is 4.91. The second-order valence-corrected chi connectivity index (χ2v) is 6.99. The molecule has 0 atom stereocenters. The third kappa shape index (κ3) is 3.08. The van der Waals surface area contributed by atoms with E-state index < -0.39 is 0 Å². The molecule has 0 bridgehead atoms. The molecule has 0 unspecified atom stereocenters. The lowest BCUT2D eigenvalue weighted by Gasteiger charge is -2.28. The lowest BCUT2D eigenvalue weighted by Crippen LogP contribution is -2.32. The molecule has 20 heavy (non-hydrogen) atoms. The predicted molar refractivity (Wildman–Crippen MR) is 82.9 cm³/mol. The van der Waals surface area contributed by atoms with Gasteiger partial charge < -0.3 is 5.32 Å². The van der Waals surface area contributed by atoms with Crippen molar-refractivity contribution in [2.24, 2.45) is 5.41 Å². The smallest absolute Gasteiger partial charge is 0.0630 e. The quantitative estimate of drug-likeness (QED) is 0.887. The SMILES string of the molecule is CNCC1(Cc2ccn(C3CCCCC3)n2)CCCC1. The number of aromatic nitrogens is 2. The Labute approximate surface area is 123 Å². The summed E-state index contributed by atoms with van der Waals surface area (Å²) in [5, 5.41) is 8.32. The van der Waals surface area contributed by atoms with Gasteiger partial charge in [0.25, 0.3) is 0 Å². The van der Waals surface area contributed by atoms with Crippen LogP contribution in [0.25, 0.3) is 0 Å². The number of nitrogens with one attached hydrogen (secondary N) is 1. The molecule has 3 heteroatoms. The lowest BCUT2D eigenvalue weighted by atomic mass is 9.81. The van der Waals surface area contributed by atoms with Gasteiger partial charge in [-0.1, -0.05) is 32.1 Å². The minimum Gasteiger partial charge on any atom is -0.319 e. The van der Waals surface area contributed by atoms with Crippen LogP contribution in [-0.4, -0.2) is 23.4 Å². The van der Waals surface area contributed by atoms with E-state index in [1.54, 1.807) is 0 Å². The summed E-state index contributed by atoms with van der Waals surface area (Å²) in [6.07, 6.45) is 15.7. The molecule has 0 spiro atoms. The lowest BCUT2D eigenvalue weighted by molar-refractivity contribution is 0.278. The van der Waals surface area contributed by atoms with Crippen molar-refractivity contribution in [3.05, 3.63) is 18.0 Å². The zero-order valence-electron chi connectivity index (χ0n) is 12.9. The fraction of sp³-hybridized carbons (Fsp3) is 0.824. The van der Waals surface area contributed by atoms with Crippen molar-refractivity contribution in [1.29, 1.82) is 0 Å². The van der Waals surface area contributed by atoms with Crippen molar-refractivity contribution in [3.8, 4) is 0 Å². The first-order valence-corrected chi connectivity index (χ1v) is 8.50. The van der Waals surface area contributed by atoms with Crippen LogP contribution >= 0.6 is 0 Å². The van der Waals surface area contributed by atoms with Gasteiger partial charge in [-0.3, -0.25) is 4.68 Å². The fourth-order valence-electron chi connectivity index (χ4n) is 4.32. The standard InChI is InChI=1S/C17H29N3/c1-18-14-17(10-5-6-11-17)13-15-9-12-20(19-15)16-7-3-2-4-8-16/h9,12,16,18H,2-8,10-11,13-14H2,1H3. The molecule has 2 aliphatic rings. The minimum atomic E-state index is 0.473. The molecule has 3 rings (SSSR count). The molecule has 2 fully saturated rings. The summed E-state index contributed by atoms with van der Waals surface area (Å²) in [6.45, 7) is 1.14. The highest BCUT2D eigenvalue weighted by atomic mass is 15.3. The van der Waals surface area contributed by atoms with Crippen molar-refractivity contribution in [1.82, 2.24) is 15.1 Å². The van der Waals surface area contributed by atoms with Gasteiger partial charge in [-0.2, -0.15) is 5.10 Å². The van der Waals surface area contributed by atoms with Gasteiger partial charge in [-0.15, -0.1) is 0 Å². The van der Waals surface area contributed by atoms with Crippen LogP contribution in [0.1, 0.15) is 69.5 Å². The van der Waals surface area contributed by atoms with E-state index in [2.05, 4.69) is 29.3 Å². The second-order valence-electron chi connectivity index (χ2n) is 6.99. The van der Waals surface area contributed by atoms with Gasteiger partial charge in [0.1, 0.15) is 0 Å². The van der Waals surface area contributed by atoms with Gasteiger partial charge in [-0.25, -0.2) is 0 Å². The van der Waals surface area contributed by atoms with Gasteiger partial charge in [-0.05, 0) is 50.6 Å². The largest absolute Gasteiger partial charge is 0.319 e. The monoisotopic (exact) mass is 275 g/mol. The molecular weight excluding hydrogens is 246 g/mol. The maximum absolute atomic E-state index is 4.91. The zero-order chi connectivity index (χ0) is 13.8. The van der Waals surface area contributed by atoms with E-state index in [1.165, 1.54) is 63.5 Å². The Morgan fingerprint density at radius 2 is 1.95 bits per heavy atom. The molecule has 1 heterocycles. The zero-order valence-corrected chi connectivity index (χ0v) is 12.9. The van der Waals surface area contributed by atoms with Gasteiger partial charge in [0, 0.05) is 12.7 Å². The molecule has 0 amide bonds. The molecule has 2 aliphatic carbocycles. The molecule has 1 aromatic heterocycles. The molecule has 2 saturated carbocycles. The second kappa shape index (κ2) is 6.30. The molecule has 1 N–H and O–H groups in total. The fourth-order valence-corrected chi connectivity index (χ4v) is 4.32. The number of rotatable bonds is 5. The Balaban J connectivity index is 1.66. The van der Waals surface area contributed by atoms with Crippen LogP contribution < -0.4 is 5.32 Å². The summed E-state index contributed by atoms with van der Waals surface area (Å²) in [5.41, 5.74) is 1.79. The predicted octanol–water partition coefficient (Wildman–Crippen LogP) is 3.71. The Morgan fingerprint density at radius 3 is 2.65 bits per heavy atom. The average Bonchev–Trinajstić information content (AvgIpc) is 3.11. The highest BCUT2D eigenvalue weighted by Gasteiger charge is 2.34. The summed E-state index contributed by atoms with van der Waals surface area (Å²) in [6, 6.07) is 2.94. The van der Waals surface area contributed by atoms with Crippen LogP contribution in [0.5, 0.6) is 0 Å². The van der Waals surface area contributed by atoms with Crippen LogP contribution in [0.2, 0.25) is 0 Å². The van der Waals surface area contributed by atoms with Crippen molar-refractivity contribution in [3.63, 3.8) is 0 Å². The first-order valence-electron chi connectivity index (χ1n) is 8.50. The summed E-state index contributed by atoms with van der Waals surface area (Å²) < 4.78 is 2.26. The van der Waals surface area contributed by atoms with E-state index in [-0.39, 0.29) is 0 Å². The molecule has 0 radical (unpaired) electrons. The topological polar surface area (TPSA) is 29.9 Å². The highest BCUT2D eigenvalue weighted by molar-refractivity contribution is 5.06. The van der Waals surface area contributed by atoms with Crippen LogP contribution in [0.15, 0.2) is 12.3 Å². The normalized spacial score (nSPS) is 23.2. The molecule has 0 saturated heterocycles. The first-order chi connectivity index (χ1) is 9.81. The van der Waals surface area contributed by atoms with Crippen LogP contribution in [0, 0.1) is 5.41 Å². The van der Waals surface area contributed by atoms with E-state index >= 15 is 0 Å². The summed E-state index contributed by atoms with van der Waals surface area (Å²) in [5.74, 6) is 0. The van der Waals surface area contributed by atoms with Crippen LogP contribution in [-0.2, 0) is 6.42 Å². The van der Waals surface area contributed by atoms with Crippen molar-refractivity contribution in [2.75, 3.05) is 13.6 Å². The third-order valence-electron chi connectivity index (χ3n) is 5.38. The van der Waals surface area contributed by atoms with Gasteiger partial charge in [0.05, 0.1) is 11.7 Å². The number of hydrogen-bond acceptors (Lipinski definition) is 2. The van der Waals surface area contributed by atoms with Crippen molar-refractivity contribution in [2.45, 2.75) is 70.3 Å². The molecule has 1 aromatic rings. The summed E-state index contributed by atoms with van der Waals surface area (Å²) in [4.78, 5) is 0. The summed E-state index contributed by atoms with van der Waals surface area (Å²) >= 11 is 0. The maximum Gasteiger partial charge on any atom is 0.0630 e. The molecule has 3 nitrogen and oxygen atoms in total. The summed E-state index contributed by atoms with van der Waals surface area (Å²) in [7, 11) is 2.08. The van der Waals surface area contributed by atoms with Gasteiger partial charge in [0.2, 0.25) is 0 Å². The van der Waals surface area contributed by atoms with Gasteiger partial charge >= 0.3 is 0 Å². The first kappa shape index (κ1) is 14.1. The Morgan fingerprint density at radius 1 is 1.20 bits per heavy atom. The van der Waals surface area contributed by atoms with Crippen molar-refractivity contribution >= 4 is 0 Å². The van der Waals surface area contributed by atoms with Crippen molar-refractivity contribution < 1.29 is 0 Å². The molecule has 112 valence electrons. The van der Waals surface area contributed by atoms with E-state index in [4.69, 9.17) is 5.10 Å². The molecule has 0 aliphatic heterocycles. The van der Waals surface area contributed by atoms with Crippen LogP contribution in [0.3, 0.4) is 0 Å². The number of hydrogen-bond donors (Lipinski definition) is 1. The van der Waals surface area contributed by atoms with E-state index in [0.717, 1.165) is 13.0 Å². The minimum absolute atomic E-state index is 0.473. The molecular formula is C17H29N3. The Kier molecular flexibility index (Phi) is 4.45. The highest BCUT2D eigenvalue weighted by Crippen LogP contribution is 2.40. The Bertz CT molecular complexity index is 412. The van der Waals surface area contributed by atoms with Gasteiger partial charge in [0.15, 0.2) is 0 Å².